The minimum atomic E-state index is -0.339. The zero-order chi connectivity index (χ0) is 17.1. The minimum absolute atomic E-state index is 0.0221. The molecule has 0 radical (unpaired) electrons. The number of nitrogens with zero attached hydrogens (tertiary/aromatic N) is 1. The van der Waals surface area contributed by atoms with Gasteiger partial charge in [0.1, 0.15) is 0 Å². The number of halogens is 1. The Hall–Kier alpha value is -1.79. The largest absolute Gasteiger partial charge is 0.326 e. The van der Waals surface area contributed by atoms with E-state index in [4.69, 9.17) is 0 Å². The molecule has 1 saturated heterocycles. The van der Waals surface area contributed by atoms with Gasteiger partial charge in [-0.3, -0.25) is 9.59 Å². The molecular weight excluding hydrogens is 388 g/mol. The van der Waals surface area contributed by atoms with Gasteiger partial charge in [-0.15, -0.1) is 11.8 Å². The van der Waals surface area contributed by atoms with Crippen molar-refractivity contribution < 1.29 is 9.59 Å². The Balaban J connectivity index is 1.69. The third-order valence-electron chi connectivity index (χ3n) is 3.95. The molecule has 2 aromatic rings. The Bertz CT molecular complexity index is 781. The van der Waals surface area contributed by atoms with Crippen LogP contribution < -0.4 is 10.2 Å². The van der Waals surface area contributed by atoms with Crippen molar-refractivity contribution in [3.63, 3.8) is 0 Å². The highest BCUT2D eigenvalue weighted by molar-refractivity contribution is 9.10. The van der Waals surface area contributed by atoms with E-state index in [9.17, 15) is 9.59 Å². The highest BCUT2D eigenvalue weighted by atomic mass is 79.9. The van der Waals surface area contributed by atoms with Crippen molar-refractivity contribution in [2.75, 3.05) is 23.0 Å². The minimum Gasteiger partial charge on any atom is -0.326 e. The molecule has 3 rings (SSSR count). The standard InChI is InChI=1S/C18H17BrN2O2S/c1-24-16-7-3-5-14(10-16)20-18(23)12-8-17(22)21(11-12)15-6-2-4-13(19)9-15/h2-7,9-10,12H,8,11H2,1H3,(H,20,23). The molecule has 0 saturated carbocycles. The quantitative estimate of drug-likeness (QED) is 0.778. The number of carbonyl (C=O) groups is 2. The van der Waals surface area contributed by atoms with Crippen LogP contribution in [-0.2, 0) is 9.59 Å². The van der Waals surface area contributed by atoms with Crippen LogP contribution in [0, 0.1) is 5.92 Å². The van der Waals surface area contributed by atoms with Gasteiger partial charge in [0.2, 0.25) is 11.8 Å². The summed E-state index contributed by atoms with van der Waals surface area (Å²) in [6.45, 7) is 0.406. The molecule has 4 nitrogen and oxygen atoms in total. The van der Waals surface area contributed by atoms with Crippen molar-refractivity contribution in [3.05, 3.63) is 53.0 Å². The van der Waals surface area contributed by atoms with Crippen LogP contribution in [0.4, 0.5) is 11.4 Å². The smallest absolute Gasteiger partial charge is 0.229 e. The predicted octanol–water partition coefficient (Wildman–Crippen LogP) is 4.16. The summed E-state index contributed by atoms with van der Waals surface area (Å²) in [6, 6.07) is 15.3. The lowest BCUT2D eigenvalue weighted by Gasteiger charge is -2.17. The van der Waals surface area contributed by atoms with Crippen molar-refractivity contribution in [2.24, 2.45) is 5.92 Å². The van der Waals surface area contributed by atoms with Crippen LogP contribution in [0.5, 0.6) is 0 Å². The lowest BCUT2D eigenvalue weighted by atomic mass is 10.1. The van der Waals surface area contributed by atoms with Gasteiger partial charge in [-0.05, 0) is 42.7 Å². The molecule has 0 bridgehead atoms. The lowest BCUT2D eigenvalue weighted by Crippen LogP contribution is -2.28. The molecule has 0 aromatic heterocycles. The van der Waals surface area contributed by atoms with Crippen LogP contribution >= 0.6 is 27.7 Å². The summed E-state index contributed by atoms with van der Waals surface area (Å²) < 4.78 is 0.912. The predicted molar refractivity (Wildman–Crippen MR) is 101 cm³/mol. The van der Waals surface area contributed by atoms with Crippen molar-refractivity contribution >= 4 is 50.9 Å². The maximum atomic E-state index is 12.5. The van der Waals surface area contributed by atoms with Crippen LogP contribution in [0.1, 0.15) is 6.42 Å². The number of rotatable bonds is 4. The fraction of sp³-hybridized carbons (Fsp3) is 0.222. The van der Waals surface area contributed by atoms with E-state index in [1.165, 1.54) is 0 Å². The number of amides is 2. The third kappa shape index (κ3) is 3.82. The zero-order valence-corrected chi connectivity index (χ0v) is 15.6. The van der Waals surface area contributed by atoms with Gasteiger partial charge >= 0.3 is 0 Å². The molecule has 1 fully saturated rings. The summed E-state index contributed by atoms with van der Waals surface area (Å²) in [5.41, 5.74) is 1.58. The molecule has 2 aromatic carbocycles. The number of hydrogen-bond acceptors (Lipinski definition) is 3. The molecule has 24 heavy (non-hydrogen) atoms. The Labute approximate surface area is 153 Å². The first kappa shape index (κ1) is 17.0. The molecular formula is C18H17BrN2O2S. The molecule has 1 atom stereocenters. The Morgan fingerprint density at radius 3 is 2.79 bits per heavy atom. The second-order valence-electron chi connectivity index (χ2n) is 5.61. The number of anilines is 2. The van der Waals surface area contributed by atoms with Crippen LogP contribution in [0.3, 0.4) is 0 Å². The summed E-state index contributed by atoms with van der Waals surface area (Å²) in [5.74, 6) is -0.473. The van der Waals surface area contributed by atoms with E-state index < -0.39 is 0 Å². The zero-order valence-electron chi connectivity index (χ0n) is 13.2. The van der Waals surface area contributed by atoms with E-state index in [1.807, 2.05) is 54.8 Å². The third-order valence-corrected chi connectivity index (χ3v) is 5.17. The summed E-state index contributed by atoms with van der Waals surface area (Å²) in [6.07, 6.45) is 2.23. The molecule has 1 unspecified atom stereocenters. The highest BCUT2D eigenvalue weighted by Crippen LogP contribution is 2.28. The molecule has 1 aliphatic rings. The van der Waals surface area contributed by atoms with Gasteiger partial charge in [0.15, 0.2) is 0 Å². The number of benzene rings is 2. The van der Waals surface area contributed by atoms with E-state index >= 15 is 0 Å². The monoisotopic (exact) mass is 404 g/mol. The summed E-state index contributed by atoms with van der Waals surface area (Å²) in [5, 5.41) is 2.92. The molecule has 6 heteroatoms. The highest BCUT2D eigenvalue weighted by Gasteiger charge is 2.35. The van der Waals surface area contributed by atoms with E-state index in [1.54, 1.807) is 16.7 Å². The van der Waals surface area contributed by atoms with Gasteiger partial charge in [-0.25, -0.2) is 0 Å². The van der Waals surface area contributed by atoms with Gasteiger partial charge in [0, 0.05) is 33.7 Å². The molecule has 1 aliphatic heterocycles. The molecule has 1 heterocycles. The lowest BCUT2D eigenvalue weighted by molar-refractivity contribution is -0.122. The van der Waals surface area contributed by atoms with Gasteiger partial charge in [-0.1, -0.05) is 28.1 Å². The second-order valence-corrected chi connectivity index (χ2v) is 7.40. The molecule has 2 amide bonds. The van der Waals surface area contributed by atoms with E-state index in [0.717, 1.165) is 20.7 Å². The summed E-state index contributed by atoms with van der Waals surface area (Å²) in [7, 11) is 0. The van der Waals surface area contributed by atoms with Crippen LogP contribution in [0.2, 0.25) is 0 Å². The number of thioether (sulfide) groups is 1. The van der Waals surface area contributed by atoms with Crippen LogP contribution in [-0.4, -0.2) is 24.6 Å². The topological polar surface area (TPSA) is 49.4 Å². The first-order chi connectivity index (χ1) is 11.6. The van der Waals surface area contributed by atoms with Gasteiger partial charge < -0.3 is 10.2 Å². The number of nitrogens with one attached hydrogen (secondary N) is 1. The van der Waals surface area contributed by atoms with Crippen molar-refractivity contribution in [2.45, 2.75) is 11.3 Å². The fourth-order valence-electron chi connectivity index (χ4n) is 2.72. The SMILES string of the molecule is CSc1cccc(NC(=O)C2CC(=O)N(c3cccc(Br)c3)C2)c1. The number of carbonyl (C=O) groups excluding carboxylic acids is 2. The van der Waals surface area contributed by atoms with E-state index in [-0.39, 0.29) is 24.2 Å². The van der Waals surface area contributed by atoms with Crippen LogP contribution in [0.25, 0.3) is 0 Å². The Morgan fingerprint density at radius 2 is 2.04 bits per heavy atom. The average molecular weight is 405 g/mol. The first-order valence-electron chi connectivity index (χ1n) is 7.57. The first-order valence-corrected chi connectivity index (χ1v) is 9.59. The maximum Gasteiger partial charge on any atom is 0.229 e. The Morgan fingerprint density at radius 1 is 1.25 bits per heavy atom. The van der Waals surface area contributed by atoms with E-state index in [0.29, 0.717) is 6.54 Å². The van der Waals surface area contributed by atoms with Gasteiger partial charge in [-0.2, -0.15) is 0 Å². The molecule has 0 aliphatic carbocycles. The number of hydrogen-bond donors (Lipinski definition) is 1. The average Bonchev–Trinajstić information content (AvgIpc) is 2.97. The van der Waals surface area contributed by atoms with Crippen molar-refractivity contribution in [3.8, 4) is 0 Å². The second kappa shape index (κ2) is 7.40. The summed E-state index contributed by atoms with van der Waals surface area (Å²) >= 11 is 5.04. The van der Waals surface area contributed by atoms with Gasteiger partial charge in [0.05, 0.1) is 5.92 Å². The summed E-state index contributed by atoms with van der Waals surface area (Å²) in [4.78, 5) is 27.5. The van der Waals surface area contributed by atoms with Crippen molar-refractivity contribution in [1.82, 2.24) is 0 Å². The fourth-order valence-corrected chi connectivity index (χ4v) is 3.57. The van der Waals surface area contributed by atoms with Crippen molar-refractivity contribution in [1.29, 1.82) is 0 Å². The maximum absolute atomic E-state index is 12.5. The van der Waals surface area contributed by atoms with Crippen LogP contribution in [0.15, 0.2) is 57.9 Å². The Kier molecular flexibility index (Phi) is 5.26. The van der Waals surface area contributed by atoms with Gasteiger partial charge in [0.25, 0.3) is 0 Å². The molecule has 0 spiro atoms. The molecule has 1 N–H and O–H groups in total. The normalized spacial score (nSPS) is 17.2. The molecule has 124 valence electrons. The van der Waals surface area contributed by atoms with E-state index in [2.05, 4.69) is 21.2 Å².